The van der Waals surface area contributed by atoms with Gasteiger partial charge in [-0.25, -0.2) is 0 Å². The van der Waals surface area contributed by atoms with E-state index in [1.54, 1.807) is 0 Å². The van der Waals surface area contributed by atoms with E-state index in [-0.39, 0.29) is 30.2 Å². The summed E-state index contributed by atoms with van der Waals surface area (Å²) in [6.07, 6.45) is -0.0337. The van der Waals surface area contributed by atoms with Gasteiger partial charge in [-0.2, -0.15) is 7.97 Å². The van der Waals surface area contributed by atoms with E-state index in [0.29, 0.717) is 19.4 Å². The van der Waals surface area contributed by atoms with Gasteiger partial charge in [0.2, 0.25) is 1.43 Å². The van der Waals surface area contributed by atoms with Crippen LogP contribution in [0.3, 0.4) is 0 Å². The Hall–Kier alpha value is 1.19. The topological polar surface area (TPSA) is 123 Å². The molecule has 2 N–H and O–H groups in total. The van der Waals surface area contributed by atoms with Crippen LogP contribution in [0.1, 0.15) is 59.3 Å². The molecule has 0 aromatic rings. The first-order chi connectivity index (χ1) is 21.0. The van der Waals surface area contributed by atoms with Gasteiger partial charge < -0.3 is 43.2 Å². The van der Waals surface area contributed by atoms with Crippen molar-refractivity contribution in [3.63, 3.8) is 0 Å². The van der Waals surface area contributed by atoms with Crippen molar-refractivity contribution in [2.24, 2.45) is 0 Å². The molecule has 0 aromatic carbocycles. The summed E-state index contributed by atoms with van der Waals surface area (Å²) in [5.74, 6) is -0.478. The Morgan fingerprint density at radius 2 is 2.00 bits per heavy atom. The quantitative estimate of drug-likeness (QED) is 0.0930. The zero-order valence-corrected chi connectivity index (χ0v) is 28.5. The summed E-state index contributed by atoms with van der Waals surface area (Å²) in [5, 5.41) is 8.23. The number of aliphatic hydroxyl groups excluding tert-OH is 1. The fourth-order valence-electron chi connectivity index (χ4n) is 6.23. The number of rotatable bonds is 16. The van der Waals surface area contributed by atoms with Crippen LogP contribution < -0.4 is 5.32 Å². The summed E-state index contributed by atoms with van der Waals surface area (Å²) >= 11 is 4.45. The standard InChI is InChI=1S/C25H45BINO10PS2/c1-4-28-11-19-22(23-24(34-19)36-25(35-23)7-5-6-8-25)38-39(40,31-12-20-17(29)9-15(2)32-20)37-18-10-16(3)33-21(18)13-41(14-26)27-30/h15-24,26,28-29,41H,4-14H2,1-3H3/t15?,16?,17?,18?,19-,20?,21?,22?,23-,24-,39?/m1/s1/i26T,29T,41D. The molecule has 5 fully saturated rings. The minimum absolute atomic E-state index is 0.00667. The van der Waals surface area contributed by atoms with Gasteiger partial charge in [-0.1, -0.05) is 6.92 Å². The molecule has 1 spiro atoms. The number of hydrogen-bond donors (Lipinski definition) is 3. The molecule has 5 aliphatic rings. The van der Waals surface area contributed by atoms with Gasteiger partial charge in [0.1, 0.15) is 24.4 Å². The highest BCUT2D eigenvalue weighted by Crippen LogP contribution is 2.58. The molecule has 16 heteroatoms. The van der Waals surface area contributed by atoms with E-state index in [4.69, 9.17) is 58.1 Å². The molecule has 1 aliphatic carbocycles. The van der Waals surface area contributed by atoms with Crippen molar-refractivity contribution in [3.05, 3.63) is 0 Å². The molecule has 11 nitrogen and oxygen atoms in total. The van der Waals surface area contributed by atoms with E-state index < -0.39 is 89.3 Å². The molecule has 237 valence electrons. The van der Waals surface area contributed by atoms with E-state index in [1.807, 2.05) is 20.8 Å². The van der Waals surface area contributed by atoms with Crippen LogP contribution in [0.15, 0.2) is 0 Å². The van der Waals surface area contributed by atoms with Crippen molar-refractivity contribution in [1.29, 1.82) is 3.89 Å². The SMILES string of the molecule is [2H]S(C[B][3H])(CC1OC(C)CC1OP(=S)(OCC1OC(C)CC1O[3H])OC1[C@H]2OC3(CCCC3)O[C@H]2O[C@@H]1CNCC)I=O. The van der Waals surface area contributed by atoms with Gasteiger partial charge in [0.25, 0.3) is 0 Å². The van der Waals surface area contributed by atoms with E-state index in [1.165, 1.54) is 0 Å². The van der Waals surface area contributed by atoms with Crippen molar-refractivity contribution in [2.45, 2.75) is 126 Å². The van der Waals surface area contributed by atoms with Crippen LogP contribution in [-0.4, -0.2) is 115 Å². The predicted molar refractivity (Wildman–Crippen MR) is 169 cm³/mol. The summed E-state index contributed by atoms with van der Waals surface area (Å²) in [7, 11) is -1.15. The van der Waals surface area contributed by atoms with Crippen LogP contribution in [0.2, 0.25) is 0 Å². The Balaban J connectivity index is 1.38. The lowest BCUT2D eigenvalue weighted by Gasteiger charge is -2.34. The third-order valence-electron chi connectivity index (χ3n) is 8.21. The summed E-state index contributed by atoms with van der Waals surface area (Å²) in [4.78, 5) is 0. The Kier molecular flexibility index (Phi) is 10.6. The van der Waals surface area contributed by atoms with Crippen LogP contribution in [-0.2, 0) is 52.1 Å². The fourth-order valence-corrected chi connectivity index (χ4v) is 11.5. The summed E-state index contributed by atoms with van der Waals surface area (Å²) in [6, 6.07) is 0. The van der Waals surface area contributed by atoms with Crippen molar-refractivity contribution >= 4 is 54.1 Å². The molecule has 1 radical (unpaired) electrons. The largest absolute Gasteiger partial charge is 0.390 e. The number of likely N-dealkylation sites (N-methyl/N-ethyl adjacent to an activating group) is 1. The maximum Gasteiger partial charge on any atom is 0.328 e. The molecule has 9 unspecified atom stereocenters. The van der Waals surface area contributed by atoms with Crippen LogP contribution in [0.25, 0.3) is 0 Å². The van der Waals surface area contributed by atoms with Crippen molar-refractivity contribution in [2.75, 3.05) is 31.1 Å². The normalized spacial score (nSPS) is 44.6. The molecule has 0 amide bonds. The number of ether oxygens (including phenoxy) is 5. The van der Waals surface area contributed by atoms with Gasteiger partial charge in [0.05, 0.1) is 46.1 Å². The lowest BCUT2D eigenvalue weighted by Crippen LogP contribution is -2.42. The third kappa shape index (κ3) is 8.14. The number of aliphatic hydroxyl groups is 1. The van der Waals surface area contributed by atoms with E-state index in [0.717, 1.165) is 40.0 Å². The maximum absolute atomic E-state index is 12.1. The van der Waals surface area contributed by atoms with E-state index >= 15 is 0 Å². The van der Waals surface area contributed by atoms with E-state index in [9.17, 15) is 3.07 Å². The second-order valence-electron chi connectivity index (χ2n) is 11.4. The minimum atomic E-state index is -3.59. The smallest absolute Gasteiger partial charge is 0.328 e. The second-order valence-corrected chi connectivity index (χ2v) is 20.8. The number of hydrogen-bond acceptors (Lipinski definition) is 12. The molecule has 1 saturated carbocycles. The predicted octanol–water partition coefficient (Wildman–Crippen LogP) is 2.82. The molecule has 41 heavy (non-hydrogen) atoms. The second kappa shape index (κ2) is 14.7. The molecule has 5 rings (SSSR count). The van der Waals surface area contributed by atoms with Gasteiger partial charge in [0.15, 0.2) is 31.9 Å². The lowest BCUT2D eigenvalue weighted by atomic mass is 10.1. The lowest BCUT2D eigenvalue weighted by molar-refractivity contribution is -0.228. The van der Waals surface area contributed by atoms with Crippen LogP contribution in [0, 0.1) is 0 Å². The monoisotopic (exact) mass is 757 g/mol. The van der Waals surface area contributed by atoms with E-state index in [2.05, 4.69) is 5.32 Å². The first-order valence-electron chi connectivity index (χ1n) is 16.0. The Morgan fingerprint density at radius 3 is 2.73 bits per heavy atom. The summed E-state index contributed by atoms with van der Waals surface area (Å²) in [6.45, 7) is 3.45. The average molecular weight is 757 g/mol. The van der Waals surface area contributed by atoms with Gasteiger partial charge in [-0.15, -0.1) is 0 Å². The molecule has 4 aliphatic heterocycles. The highest BCUT2D eigenvalue weighted by Gasteiger charge is 2.60. The summed E-state index contributed by atoms with van der Waals surface area (Å²) in [5.41, 5.74) is 0.144. The minimum Gasteiger partial charge on any atom is -0.390 e. The highest BCUT2D eigenvalue weighted by molar-refractivity contribution is 14.2. The molecular weight excluding hydrogens is 707 g/mol. The third-order valence-corrected chi connectivity index (χ3v) is 15.5. The molecule has 0 aromatic heterocycles. The van der Waals surface area contributed by atoms with Crippen LogP contribution >= 0.6 is 34.5 Å². The molecule has 4 heterocycles. The number of thiol groups is 1. The fraction of sp³-hybridized carbons (Fsp3) is 1.00. The molecule has 12 atom stereocenters. The Morgan fingerprint density at radius 1 is 1.22 bits per heavy atom. The van der Waals surface area contributed by atoms with Crippen molar-refractivity contribution in [1.82, 2.24) is 5.32 Å². The number of fused-ring (bicyclic) bond motifs is 1. The van der Waals surface area contributed by atoms with Crippen LogP contribution in [0.5, 0.6) is 0 Å². The zero-order chi connectivity index (χ0) is 31.5. The first-order valence-corrected chi connectivity index (χ1v) is 22.2. The molecular formula is C25H45BINO10PS2. The summed E-state index contributed by atoms with van der Waals surface area (Å²) < 4.78 is 86.9. The maximum atomic E-state index is 12.1. The zero-order valence-electron chi connectivity index (χ0n) is 26.9. The number of halogens is 1. The van der Waals surface area contributed by atoms with Crippen molar-refractivity contribution < 1.29 is 45.4 Å². The highest BCUT2D eigenvalue weighted by atomic mass is 127. The van der Waals surface area contributed by atoms with Gasteiger partial charge in [0, 0.05) is 38.0 Å². The Bertz CT molecular complexity index is 1030. The van der Waals surface area contributed by atoms with Crippen molar-refractivity contribution in [3.8, 4) is 0 Å². The number of nitrogens with one attached hydrogen (secondary N) is 1. The van der Waals surface area contributed by atoms with Gasteiger partial charge in [-0.05, 0) is 52.0 Å². The van der Waals surface area contributed by atoms with Gasteiger partial charge >= 0.3 is 6.72 Å². The molecule has 4 saturated heterocycles. The first kappa shape index (κ1) is 29.6. The molecule has 0 bridgehead atoms. The average Bonchev–Trinajstić information content (AvgIpc) is 3.80. The van der Waals surface area contributed by atoms with Gasteiger partial charge in [-0.3, -0.25) is 7.59 Å². The van der Waals surface area contributed by atoms with Crippen LogP contribution in [0.4, 0.5) is 0 Å². The Labute approximate surface area is 265 Å².